The third-order valence-corrected chi connectivity index (χ3v) is 3.98. The molecule has 1 aliphatic carbocycles. The Labute approximate surface area is 86.9 Å². The van der Waals surface area contributed by atoms with Gasteiger partial charge in [-0.3, -0.25) is 0 Å². The van der Waals surface area contributed by atoms with E-state index < -0.39 is 0 Å². The summed E-state index contributed by atoms with van der Waals surface area (Å²) in [5, 5.41) is 18.9. The van der Waals surface area contributed by atoms with Gasteiger partial charge in [0.25, 0.3) is 0 Å². The van der Waals surface area contributed by atoms with E-state index in [0.29, 0.717) is 0 Å². The van der Waals surface area contributed by atoms with Gasteiger partial charge in [0.15, 0.2) is 0 Å². The van der Waals surface area contributed by atoms with Crippen LogP contribution in [0.4, 0.5) is 0 Å². The van der Waals surface area contributed by atoms with E-state index in [0.717, 1.165) is 31.6 Å². The summed E-state index contributed by atoms with van der Waals surface area (Å²) in [6, 6.07) is 2.46. The second-order valence-corrected chi connectivity index (χ2v) is 4.98. The van der Waals surface area contributed by atoms with Gasteiger partial charge in [-0.25, -0.2) is 0 Å². The zero-order valence-electron chi connectivity index (χ0n) is 9.45. The minimum Gasteiger partial charge on any atom is -0.393 e. The van der Waals surface area contributed by atoms with Gasteiger partial charge in [0.05, 0.1) is 17.6 Å². The van der Waals surface area contributed by atoms with Crippen molar-refractivity contribution >= 4 is 0 Å². The van der Waals surface area contributed by atoms with Crippen LogP contribution in [0.15, 0.2) is 0 Å². The molecule has 0 amide bonds. The Kier molecular flexibility index (Phi) is 3.55. The maximum Gasteiger partial charge on any atom is 0.0693 e. The highest BCUT2D eigenvalue weighted by Gasteiger charge is 2.41. The lowest BCUT2D eigenvalue weighted by Crippen LogP contribution is -2.37. The zero-order valence-corrected chi connectivity index (χ0v) is 9.45. The normalized spacial score (nSPS) is 37.2. The molecule has 2 heteroatoms. The Balaban J connectivity index is 2.73. The van der Waals surface area contributed by atoms with E-state index >= 15 is 0 Å². The van der Waals surface area contributed by atoms with Crippen LogP contribution in [-0.2, 0) is 0 Å². The van der Waals surface area contributed by atoms with Crippen LogP contribution in [0.5, 0.6) is 0 Å². The van der Waals surface area contributed by atoms with Crippen LogP contribution in [0.2, 0.25) is 0 Å². The maximum atomic E-state index is 9.58. The van der Waals surface area contributed by atoms with E-state index in [1.165, 1.54) is 0 Å². The van der Waals surface area contributed by atoms with Crippen molar-refractivity contribution in [2.45, 2.75) is 52.6 Å². The fourth-order valence-corrected chi connectivity index (χ4v) is 2.41. The Morgan fingerprint density at radius 2 is 1.86 bits per heavy atom. The Bertz CT molecular complexity index is 221. The smallest absolute Gasteiger partial charge is 0.0693 e. The van der Waals surface area contributed by atoms with Gasteiger partial charge in [-0.05, 0) is 38.5 Å². The summed E-state index contributed by atoms with van der Waals surface area (Å²) >= 11 is 0. The van der Waals surface area contributed by atoms with E-state index in [9.17, 15) is 10.4 Å². The number of hydrogen-bond donors (Lipinski definition) is 1. The minimum absolute atomic E-state index is 0.0972. The lowest BCUT2D eigenvalue weighted by molar-refractivity contribution is 0.0395. The SMILES string of the molecule is CC1CCC(C#N)(C(C)C(C)O)CC1. The molecule has 1 N–H and O–H groups in total. The van der Waals surface area contributed by atoms with E-state index in [1.807, 2.05) is 6.92 Å². The lowest BCUT2D eigenvalue weighted by Gasteiger charge is -2.39. The van der Waals surface area contributed by atoms with Gasteiger partial charge in [0.2, 0.25) is 0 Å². The molecule has 0 aliphatic heterocycles. The molecule has 2 nitrogen and oxygen atoms in total. The fourth-order valence-electron chi connectivity index (χ4n) is 2.41. The summed E-state index contributed by atoms with van der Waals surface area (Å²) in [5.74, 6) is 0.845. The Hall–Kier alpha value is -0.550. The quantitative estimate of drug-likeness (QED) is 0.736. The second kappa shape index (κ2) is 4.31. The summed E-state index contributed by atoms with van der Waals surface area (Å²) in [7, 11) is 0. The van der Waals surface area contributed by atoms with Crippen LogP contribution in [0.3, 0.4) is 0 Å². The Morgan fingerprint density at radius 1 is 1.36 bits per heavy atom. The molecule has 0 spiro atoms. The number of hydrogen-bond acceptors (Lipinski definition) is 2. The molecule has 0 heterocycles. The first-order chi connectivity index (χ1) is 6.52. The molecule has 14 heavy (non-hydrogen) atoms. The monoisotopic (exact) mass is 195 g/mol. The number of nitriles is 1. The number of rotatable bonds is 2. The molecular formula is C12H21NO. The molecule has 1 rings (SSSR count). The van der Waals surface area contributed by atoms with Crippen LogP contribution in [0, 0.1) is 28.6 Å². The lowest BCUT2D eigenvalue weighted by atomic mass is 9.64. The average Bonchev–Trinajstić information content (AvgIpc) is 2.18. The summed E-state index contributed by atoms with van der Waals surface area (Å²) in [4.78, 5) is 0. The van der Waals surface area contributed by atoms with Gasteiger partial charge in [0.1, 0.15) is 0 Å². The molecule has 0 aromatic rings. The molecule has 0 aromatic heterocycles. The van der Waals surface area contributed by atoms with Crippen molar-refractivity contribution in [2.24, 2.45) is 17.3 Å². The first-order valence-electron chi connectivity index (χ1n) is 5.61. The van der Waals surface area contributed by atoms with Crippen molar-refractivity contribution in [3.05, 3.63) is 0 Å². The van der Waals surface area contributed by atoms with Gasteiger partial charge < -0.3 is 5.11 Å². The van der Waals surface area contributed by atoms with E-state index in [2.05, 4.69) is 13.0 Å². The molecule has 1 fully saturated rings. The zero-order chi connectivity index (χ0) is 10.8. The highest BCUT2D eigenvalue weighted by molar-refractivity contribution is 5.05. The molecule has 2 unspecified atom stereocenters. The van der Waals surface area contributed by atoms with Crippen LogP contribution in [0.1, 0.15) is 46.5 Å². The fraction of sp³-hybridized carbons (Fsp3) is 0.917. The van der Waals surface area contributed by atoms with Gasteiger partial charge in [-0.2, -0.15) is 5.26 Å². The minimum atomic E-state index is -0.372. The Morgan fingerprint density at radius 3 is 2.21 bits per heavy atom. The summed E-state index contributed by atoms with van der Waals surface area (Å²) < 4.78 is 0. The van der Waals surface area contributed by atoms with Gasteiger partial charge >= 0.3 is 0 Å². The molecule has 0 bridgehead atoms. The van der Waals surface area contributed by atoms with Crippen LogP contribution < -0.4 is 0 Å². The van der Waals surface area contributed by atoms with Gasteiger partial charge in [-0.1, -0.05) is 13.8 Å². The highest BCUT2D eigenvalue weighted by atomic mass is 16.3. The summed E-state index contributed by atoms with van der Waals surface area (Å²) in [6.45, 7) is 6.04. The molecule has 0 radical (unpaired) electrons. The maximum absolute atomic E-state index is 9.58. The molecule has 0 aromatic carbocycles. The van der Waals surface area contributed by atoms with E-state index in [1.54, 1.807) is 6.92 Å². The first kappa shape index (κ1) is 11.5. The highest BCUT2D eigenvalue weighted by Crippen LogP contribution is 2.44. The first-order valence-corrected chi connectivity index (χ1v) is 5.61. The van der Waals surface area contributed by atoms with Crippen molar-refractivity contribution in [1.29, 1.82) is 5.26 Å². The molecule has 0 saturated heterocycles. The number of aliphatic hydroxyl groups excluding tert-OH is 1. The van der Waals surface area contributed by atoms with Crippen LogP contribution >= 0.6 is 0 Å². The van der Waals surface area contributed by atoms with Gasteiger partial charge in [-0.15, -0.1) is 0 Å². The third-order valence-electron chi connectivity index (χ3n) is 3.98. The van der Waals surface area contributed by atoms with Crippen molar-refractivity contribution in [1.82, 2.24) is 0 Å². The predicted molar refractivity (Wildman–Crippen MR) is 56.5 cm³/mol. The molecule has 2 atom stereocenters. The average molecular weight is 195 g/mol. The molecule has 80 valence electrons. The second-order valence-electron chi connectivity index (χ2n) is 4.98. The topological polar surface area (TPSA) is 44.0 Å². The third kappa shape index (κ3) is 2.09. The van der Waals surface area contributed by atoms with Gasteiger partial charge in [0, 0.05) is 5.92 Å². The van der Waals surface area contributed by atoms with E-state index in [-0.39, 0.29) is 17.4 Å². The number of aliphatic hydroxyl groups is 1. The van der Waals surface area contributed by atoms with Crippen molar-refractivity contribution < 1.29 is 5.11 Å². The molecule has 1 saturated carbocycles. The van der Waals surface area contributed by atoms with Crippen molar-refractivity contribution in [2.75, 3.05) is 0 Å². The van der Waals surface area contributed by atoms with Crippen molar-refractivity contribution in [3.63, 3.8) is 0 Å². The van der Waals surface area contributed by atoms with Crippen molar-refractivity contribution in [3.8, 4) is 6.07 Å². The summed E-state index contributed by atoms with van der Waals surface area (Å²) in [6.07, 6.45) is 3.80. The molecule has 1 aliphatic rings. The standard InChI is InChI=1S/C12H21NO/c1-9-4-6-12(8-13,7-5-9)10(2)11(3)14/h9-11,14H,4-7H2,1-3H3. The largest absolute Gasteiger partial charge is 0.393 e. The van der Waals surface area contributed by atoms with Crippen LogP contribution in [0.25, 0.3) is 0 Å². The number of nitrogens with zero attached hydrogens (tertiary/aromatic N) is 1. The van der Waals surface area contributed by atoms with E-state index in [4.69, 9.17) is 0 Å². The summed E-state index contributed by atoms with van der Waals surface area (Å²) in [5.41, 5.74) is -0.263. The predicted octanol–water partition coefficient (Wildman–Crippen LogP) is 2.72. The molecular weight excluding hydrogens is 174 g/mol. The van der Waals surface area contributed by atoms with Crippen LogP contribution in [-0.4, -0.2) is 11.2 Å².